The van der Waals surface area contributed by atoms with Crippen molar-refractivity contribution in [2.45, 2.75) is 70.9 Å². The monoisotopic (exact) mass is 550 g/mol. The molecule has 202 valence electrons. The number of aromatic nitrogens is 2. The minimum Gasteiger partial charge on any atom is -0.493 e. The first-order chi connectivity index (χ1) is 18.1. The molecule has 1 atom stereocenters. The first-order valence-electron chi connectivity index (χ1n) is 13.3. The van der Waals surface area contributed by atoms with Crippen LogP contribution in [0.25, 0.3) is 11.3 Å². The van der Waals surface area contributed by atoms with Gasteiger partial charge in [0.2, 0.25) is 0 Å². The maximum Gasteiger partial charge on any atom is 0.179 e. The van der Waals surface area contributed by atoms with Crippen LogP contribution in [0.1, 0.15) is 64.5 Å². The van der Waals surface area contributed by atoms with Crippen molar-refractivity contribution in [3.05, 3.63) is 82.8 Å². The zero-order valence-corrected chi connectivity index (χ0v) is 25.1. The van der Waals surface area contributed by atoms with Crippen LogP contribution in [0.5, 0.6) is 11.5 Å². The van der Waals surface area contributed by atoms with E-state index in [1.165, 1.54) is 5.19 Å². The third-order valence-electron chi connectivity index (χ3n) is 8.02. The fourth-order valence-electron chi connectivity index (χ4n) is 6.46. The third-order valence-corrected chi connectivity index (χ3v) is 15.3. The van der Waals surface area contributed by atoms with Crippen LogP contribution in [0.15, 0.2) is 60.9 Å². The van der Waals surface area contributed by atoms with Crippen LogP contribution >= 0.6 is 11.6 Å². The number of ether oxygens (including phenoxy) is 2. The molecule has 0 fully saturated rings. The molecule has 2 N–H and O–H groups in total. The maximum atomic E-state index is 11.7. The molecule has 2 aromatic rings. The molecule has 0 bridgehead atoms. The molecular formula is C31H39ClN2O3Si. The van der Waals surface area contributed by atoms with E-state index < -0.39 is 14.2 Å². The van der Waals surface area contributed by atoms with Gasteiger partial charge in [0.15, 0.2) is 11.5 Å². The van der Waals surface area contributed by atoms with Gasteiger partial charge in [0.25, 0.3) is 0 Å². The molecule has 1 aromatic carbocycles. The van der Waals surface area contributed by atoms with Gasteiger partial charge >= 0.3 is 0 Å². The predicted molar refractivity (Wildman–Crippen MR) is 159 cm³/mol. The number of hydrogen-bond donors (Lipinski definition) is 2. The zero-order valence-electron chi connectivity index (χ0n) is 23.4. The number of benzene rings is 1. The second-order valence-electron chi connectivity index (χ2n) is 10.9. The Kier molecular flexibility index (Phi) is 8.55. The highest BCUT2D eigenvalue weighted by Crippen LogP contribution is 2.45. The van der Waals surface area contributed by atoms with Crippen molar-refractivity contribution < 1.29 is 14.6 Å². The molecule has 2 heterocycles. The molecule has 38 heavy (non-hydrogen) atoms. The summed E-state index contributed by atoms with van der Waals surface area (Å²) in [6, 6.07) is 15.6. The molecule has 1 unspecified atom stereocenters. The number of hydrogen-bond acceptors (Lipinski definition) is 4. The van der Waals surface area contributed by atoms with Crippen LogP contribution in [-0.4, -0.2) is 30.3 Å². The van der Waals surface area contributed by atoms with Gasteiger partial charge in [-0.3, -0.25) is 4.98 Å². The molecule has 5 nitrogen and oxygen atoms in total. The normalized spacial score (nSPS) is 13.1. The summed E-state index contributed by atoms with van der Waals surface area (Å²) in [5, 5.41) is 13.7. The molecule has 2 aliphatic rings. The van der Waals surface area contributed by atoms with Crippen LogP contribution in [0.2, 0.25) is 21.6 Å². The lowest BCUT2D eigenvalue weighted by atomic mass is 10.0. The van der Waals surface area contributed by atoms with Gasteiger partial charge in [0.1, 0.15) is 12.7 Å². The molecule has 1 aliphatic carbocycles. The van der Waals surface area contributed by atoms with Crippen molar-refractivity contribution in [2.24, 2.45) is 0 Å². The van der Waals surface area contributed by atoms with Gasteiger partial charge in [-0.15, -0.1) is 0 Å². The van der Waals surface area contributed by atoms with Gasteiger partial charge < -0.3 is 19.6 Å². The highest BCUT2D eigenvalue weighted by molar-refractivity contribution is 6.96. The molecule has 0 amide bonds. The number of halogens is 1. The van der Waals surface area contributed by atoms with E-state index >= 15 is 0 Å². The second kappa shape index (κ2) is 11.5. The van der Waals surface area contributed by atoms with Gasteiger partial charge in [-0.05, 0) is 51.1 Å². The Morgan fingerprint density at radius 3 is 2.21 bits per heavy atom. The van der Waals surface area contributed by atoms with E-state index in [4.69, 9.17) is 21.1 Å². The quantitative estimate of drug-likeness (QED) is 0.198. The van der Waals surface area contributed by atoms with Crippen molar-refractivity contribution in [2.75, 3.05) is 7.11 Å². The van der Waals surface area contributed by atoms with E-state index in [2.05, 4.69) is 63.6 Å². The number of nitrogens with zero attached hydrogens (tertiary/aromatic N) is 1. The van der Waals surface area contributed by atoms with E-state index in [1.54, 1.807) is 19.4 Å². The number of nitrogens with one attached hydrogen (secondary N) is 1. The van der Waals surface area contributed by atoms with Gasteiger partial charge in [-0.25, -0.2) is 0 Å². The average Bonchev–Trinajstić information content (AvgIpc) is 3.27. The number of rotatable bonds is 10. The molecule has 4 rings (SSSR count). The molecule has 0 radical (unpaired) electrons. The summed E-state index contributed by atoms with van der Waals surface area (Å²) in [6.45, 7) is 14.5. The van der Waals surface area contributed by atoms with Gasteiger partial charge in [-0.2, -0.15) is 0 Å². The van der Waals surface area contributed by atoms with Crippen LogP contribution in [0.3, 0.4) is 0 Å². The molecule has 0 saturated heterocycles. The van der Waals surface area contributed by atoms with E-state index in [0.717, 1.165) is 22.4 Å². The number of pyridine rings is 2. The molecule has 0 saturated carbocycles. The maximum absolute atomic E-state index is 11.7. The van der Waals surface area contributed by atoms with Crippen molar-refractivity contribution in [1.29, 1.82) is 0 Å². The van der Waals surface area contributed by atoms with Gasteiger partial charge in [0.05, 0.1) is 27.1 Å². The Balaban J connectivity index is 1.72. The van der Waals surface area contributed by atoms with E-state index in [9.17, 15) is 5.11 Å². The van der Waals surface area contributed by atoms with E-state index in [0.29, 0.717) is 45.4 Å². The molecule has 1 aliphatic heterocycles. The lowest BCUT2D eigenvalue weighted by Crippen LogP contribution is -2.55. The number of aromatic amines is 1. The van der Waals surface area contributed by atoms with Crippen molar-refractivity contribution in [3.8, 4) is 22.8 Å². The van der Waals surface area contributed by atoms with E-state index in [-0.39, 0.29) is 0 Å². The average molecular weight is 551 g/mol. The highest BCUT2D eigenvalue weighted by atomic mass is 35.5. The molecule has 7 heteroatoms. The first kappa shape index (κ1) is 28.2. The number of aliphatic hydroxyl groups is 1. The zero-order chi connectivity index (χ0) is 27.6. The van der Waals surface area contributed by atoms with Crippen molar-refractivity contribution in [1.82, 2.24) is 9.97 Å². The second-order valence-corrected chi connectivity index (χ2v) is 17.3. The first-order valence-corrected chi connectivity index (χ1v) is 15.9. The number of methoxy groups -OCH3 is 1. The molecular weight excluding hydrogens is 512 g/mol. The van der Waals surface area contributed by atoms with Crippen molar-refractivity contribution in [3.63, 3.8) is 0 Å². The fraction of sp³-hybridized carbons (Fsp3) is 0.387. The summed E-state index contributed by atoms with van der Waals surface area (Å²) < 4.78 is 11.6. The van der Waals surface area contributed by atoms with E-state index in [1.807, 2.05) is 36.5 Å². The minimum atomic E-state index is -1.98. The summed E-state index contributed by atoms with van der Waals surface area (Å²) in [7, 11) is -0.386. The van der Waals surface area contributed by atoms with Crippen LogP contribution in [-0.2, 0) is 6.61 Å². The minimum absolute atomic E-state index is 0.357. The summed E-state index contributed by atoms with van der Waals surface area (Å²) in [5.41, 5.74) is 6.19. The van der Waals surface area contributed by atoms with Crippen LogP contribution in [0, 0.1) is 0 Å². The Morgan fingerprint density at radius 1 is 0.947 bits per heavy atom. The fourth-order valence-corrected chi connectivity index (χ4v) is 13.5. The lowest BCUT2D eigenvalue weighted by Gasteiger charge is -2.43. The van der Waals surface area contributed by atoms with Crippen LogP contribution < -0.4 is 14.7 Å². The Morgan fingerprint density at radius 2 is 1.61 bits per heavy atom. The lowest BCUT2D eigenvalue weighted by molar-refractivity contribution is 0.214. The Labute approximate surface area is 232 Å². The summed E-state index contributed by atoms with van der Waals surface area (Å²) in [5.74, 6) is 1.05. The smallest absolute Gasteiger partial charge is 0.179 e. The third kappa shape index (κ3) is 5.09. The Bertz CT molecular complexity index is 1310. The predicted octanol–water partition coefficient (Wildman–Crippen LogP) is 7.72. The highest BCUT2D eigenvalue weighted by Gasteiger charge is 2.47. The molecule has 0 spiro atoms. The topological polar surface area (TPSA) is 67.4 Å². The van der Waals surface area contributed by atoms with Crippen molar-refractivity contribution >= 4 is 24.9 Å². The number of fused-ring (bicyclic) bond motifs is 1. The largest absolute Gasteiger partial charge is 0.493 e. The van der Waals surface area contributed by atoms with Crippen LogP contribution in [0.4, 0.5) is 0 Å². The summed E-state index contributed by atoms with van der Waals surface area (Å²) >= 11 is 5.99. The number of H-pyrrole nitrogens is 1. The summed E-state index contributed by atoms with van der Waals surface area (Å²) in [6.07, 6.45) is 2.70. The standard InChI is InChI=1S/C31H39ClN2O3Si/c1-19(2)38(20(3)4,21(5)6)29-15-25(24-9-8-14-33-30(24)29)31(35)26-16-27(36-7)28(17-34-26)37-18-22-10-12-23(32)13-11-22/h8-17,19-21,31,33,35H,18H2,1-7H3. The summed E-state index contributed by atoms with van der Waals surface area (Å²) in [4.78, 5) is 8.13. The van der Waals surface area contributed by atoms with Gasteiger partial charge in [-0.1, -0.05) is 77.4 Å². The number of aliphatic hydroxyl groups excluding tert-OH is 1. The molecule has 1 aromatic heterocycles. The van der Waals surface area contributed by atoms with Gasteiger partial charge in [0, 0.05) is 28.5 Å². The Hall–Kier alpha value is -2.80. The SMILES string of the molecule is COc1cc(C(O)c2cc([Si](C(C)C)(C(C)C)C(C)C)c3[nH]cccc2-3)ncc1OCc1ccc(Cl)cc1.